The van der Waals surface area contributed by atoms with E-state index in [2.05, 4.69) is 72.8 Å². The summed E-state index contributed by atoms with van der Waals surface area (Å²) in [5, 5.41) is 5.37. The summed E-state index contributed by atoms with van der Waals surface area (Å²) in [7, 11) is 0. The van der Waals surface area contributed by atoms with Gasteiger partial charge in [-0.2, -0.15) is 12.1 Å². The van der Waals surface area contributed by atoms with Crippen molar-refractivity contribution >= 4 is 21.5 Å². The monoisotopic (exact) mass is 332 g/mol. The van der Waals surface area contributed by atoms with Crippen LogP contribution in [-0.2, 0) is 32.6 Å². The van der Waals surface area contributed by atoms with Crippen LogP contribution < -0.4 is 0 Å². The normalized spacial score (nSPS) is 10.8. The summed E-state index contributed by atoms with van der Waals surface area (Å²) in [4.78, 5) is 0. The molecule has 0 heterocycles. The molecule has 4 aromatic carbocycles. The van der Waals surface area contributed by atoms with E-state index in [1.165, 1.54) is 32.7 Å². The van der Waals surface area contributed by atoms with Gasteiger partial charge < -0.3 is 0 Å². The second-order valence-corrected chi connectivity index (χ2v) is 5.16. The van der Waals surface area contributed by atoms with Crippen molar-refractivity contribution in [1.29, 1.82) is 0 Å². The molecule has 0 N–H and O–H groups in total. The molecule has 0 aromatic heterocycles. The topological polar surface area (TPSA) is 0 Å². The molecule has 0 unspecified atom stereocenters. The van der Waals surface area contributed by atoms with Crippen LogP contribution in [0.4, 0.5) is 0 Å². The predicted molar refractivity (Wildman–Crippen MR) is 81.9 cm³/mol. The summed E-state index contributed by atoms with van der Waals surface area (Å²) in [5.74, 6) is 0. The van der Waals surface area contributed by atoms with E-state index in [9.17, 15) is 0 Å². The summed E-state index contributed by atoms with van der Waals surface area (Å²) in [6.07, 6.45) is 1.02. The molecule has 0 aliphatic rings. The minimum absolute atomic E-state index is 0. The van der Waals surface area contributed by atoms with Crippen LogP contribution in [0.25, 0.3) is 21.5 Å². The molecular weight excluding hydrogens is 319 g/mol. The zero-order valence-corrected chi connectivity index (χ0v) is 13.6. The van der Waals surface area contributed by atoms with E-state index in [0.29, 0.717) is 0 Å². The maximum atomic E-state index is 2.30. The van der Waals surface area contributed by atoms with Crippen LogP contribution in [0.3, 0.4) is 0 Å². The third-order valence-electron chi connectivity index (χ3n) is 3.76. The van der Waals surface area contributed by atoms with Crippen molar-refractivity contribution in [2.24, 2.45) is 0 Å². The van der Waals surface area contributed by atoms with Gasteiger partial charge in [0.05, 0.1) is 0 Å². The Balaban J connectivity index is 0.00000121. The Labute approximate surface area is 137 Å². The molecule has 0 amide bonds. The molecule has 94 valence electrons. The minimum atomic E-state index is 0. The van der Waals surface area contributed by atoms with Crippen LogP contribution in [0, 0.1) is 0 Å². The fourth-order valence-electron chi connectivity index (χ4n) is 2.87. The first-order chi connectivity index (χ1) is 9.38. The van der Waals surface area contributed by atoms with Gasteiger partial charge in [0.1, 0.15) is 0 Å². The summed E-state index contributed by atoms with van der Waals surface area (Å²) < 4.78 is 0. The van der Waals surface area contributed by atoms with Gasteiger partial charge in [-0.05, 0) is 6.42 Å². The Morgan fingerprint density at radius 3 is 1.55 bits per heavy atom. The molecular formula is C19H14Zr. The Hall–Kier alpha value is -1.46. The molecule has 0 fully saturated rings. The van der Waals surface area contributed by atoms with Crippen LogP contribution >= 0.6 is 0 Å². The van der Waals surface area contributed by atoms with Crippen LogP contribution in [-0.4, -0.2) is 0 Å². The molecule has 20 heavy (non-hydrogen) atoms. The third-order valence-corrected chi connectivity index (χ3v) is 3.76. The molecule has 0 nitrogen and oxygen atoms in total. The summed E-state index contributed by atoms with van der Waals surface area (Å²) in [5.41, 5.74) is 2.80. The summed E-state index contributed by atoms with van der Waals surface area (Å²) in [6.45, 7) is 0. The maximum absolute atomic E-state index is 2.30. The number of rotatable bonds is 2. The van der Waals surface area contributed by atoms with E-state index < -0.39 is 0 Å². The van der Waals surface area contributed by atoms with Gasteiger partial charge in [0.2, 0.25) is 0 Å². The van der Waals surface area contributed by atoms with Crippen molar-refractivity contribution in [1.82, 2.24) is 0 Å². The summed E-state index contributed by atoms with van der Waals surface area (Å²) >= 11 is 0. The van der Waals surface area contributed by atoms with Crippen molar-refractivity contribution in [3.63, 3.8) is 0 Å². The SMILES string of the molecule is [Zr+2].c1ccc2[cH-]c(Cc3cc4ccccc4[cH-]3)cc2c1. The molecule has 1 heteroatoms. The van der Waals surface area contributed by atoms with E-state index in [0.717, 1.165) is 6.42 Å². The van der Waals surface area contributed by atoms with Crippen molar-refractivity contribution < 1.29 is 26.2 Å². The first-order valence-corrected chi connectivity index (χ1v) is 6.67. The average molecular weight is 334 g/mol. The van der Waals surface area contributed by atoms with Gasteiger partial charge in [-0.3, -0.25) is 0 Å². The quantitative estimate of drug-likeness (QED) is 0.452. The van der Waals surface area contributed by atoms with Gasteiger partial charge >= 0.3 is 26.2 Å². The molecule has 4 aromatic rings. The number of benzene rings is 2. The Bertz CT molecular complexity index is 710. The molecule has 0 saturated carbocycles. The van der Waals surface area contributed by atoms with E-state index in [4.69, 9.17) is 0 Å². The second kappa shape index (κ2) is 5.50. The van der Waals surface area contributed by atoms with Crippen LogP contribution in [0.15, 0.2) is 72.8 Å². The fourth-order valence-corrected chi connectivity index (χ4v) is 2.87. The van der Waals surface area contributed by atoms with Gasteiger partial charge in [-0.25, -0.2) is 0 Å². The van der Waals surface area contributed by atoms with Gasteiger partial charge in [0.15, 0.2) is 0 Å². The van der Waals surface area contributed by atoms with E-state index in [-0.39, 0.29) is 26.2 Å². The van der Waals surface area contributed by atoms with E-state index in [1.807, 2.05) is 0 Å². The molecule has 0 aliphatic heterocycles. The molecule has 0 atom stereocenters. The maximum Gasteiger partial charge on any atom is 2.00 e. The smallest absolute Gasteiger partial charge is 0.165 e. The Morgan fingerprint density at radius 2 is 1.10 bits per heavy atom. The van der Waals surface area contributed by atoms with Crippen LogP contribution in [0.2, 0.25) is 0 Å². The molecule has 0 bridgehead atoms. The van der Waals surface area contributed by atoms with Crippen molar-refractivity contribution in [3.05, 3.63) is 83.9 Å². The predicted octanol–water partition coefficient (Wildman–Crippen LogP) is 5.02. The molecule has 0 saturated heterocycles. The zero-order chi connectivity index (χ0) is 12.7. The van der Waals surface area contributed by atoms with Crippen molar-refractivity contribution in [2.45, 2.75) is 6.42 Å². The van der Waals surface area contributed by atoms with Crippen LogP contribution in [0.5, 0.6) is 0 Å². The minimum Gasteiger partial charge on any atom is -0.165 e. The van der Waals surface area contributed by atoms with Gasteiger partial charge in [-0.15, -0.1) is 81.2 Å². The molecule has 0 aliphatic carbocycles. The van der Waals surface area contributed by atoms with Crippen LogP contribution in [0.1, 0.15) is 11.1 Å². The number of hydrogen-bond acceptors (Lipinski definition) is 0. The summed E-state index contributed by atoms with van der Waals surface area (Å²) in [6, 6.07) is 26.3. The average Bonchev–Trinajstić information content (AvgIpc) is 3.00. The second-order valence-electron chi connectivity index (χ2n) is 5.16. The molecule has 4 rings (SSSR count). The first kappa shape index (κ1) is 13.5. The standard InChI is InChI=1S/C19H14.Zr/c1-2-6-17-11-14(10-16(17)5-1)9-15-12-18-7-3-4-8-19(18)13-15;/h1-8,10-13H,9H2;/q-2;+2. The fraction of sp³-hybridized carbons (Fsp3) is 0.0526. The largest absolute Gasteiger partial charge is 2.00 e. The third kappa shape index (κ3) is 2.43. The number of hydrogen-bond donors (Lipinski definition) is 0. The van der Waals surface area contributed by atoms with E-state index >= 15 is 0 Å². The first-order valence-electron chi connectivity index (χ1n) is 6.67. The van der Waals surface area contributed by atoms with Gasteiger partial charge in [-0.1, -0.05) is 12.1 Å². The zero-order valence-electron chi connectivity index (χ0n) is 11.1. The molecule has 0 spiro atoms. The van der Waals surface area contributed by atoms with Gasteiger partial charge in [0.25, 0.3) is 0 Å². The van der Waals surface area contributed by atoms with E-state index in [1.54, 1.807) is 0 Å². The Kier molecular flexibility index (Phi) is 3.72. The molecule has 0 radical (unpaired) electrons. The van der Waals surface area contributed by atoms with Crippen molar-refractivity contribution in [2.75, 3.05) is 0 Å². The van der Waals surface area contributed by atoms with Crippen molar-refractivity contribution in [3.8, 4) is 0 Å². The van der Waals surface area contributed by atoms with Gasteiger partial charge in [0, 0.05) is 0 Å². The Morgan fingerprint density at radius 1 is 0.650 bits per heavy atom. The number of fused-ring (bicyclic) bond motifs is 2.